The Bertz CT molecular complexity index is 11.6. The molecule has 0 atom stereocenters. The summed E-state index contributed by atoms with van der Waals surface area (Å²) in [5.41, 5.74) is 0. The van der Waals surface area contributed by atoms with E-state index in [1.807, 2.05) is 0 Å². The van der Waals surface area contributed by atoms with Gasteiger partial charge in [0.25, 0.3) is 0 Å². The Balaban J connectivity index is 0. The van der Waals surface area contributed by atoms with Gasteiger partial charge in [0.15, 0.2) is 0 Å². The predicted octanol–water partition coefficient (Wildman–Crippen LogP) is -3.95. The molecule has 0 saturated carbocycles. The normalized spacial score (nSPS) is 5.40. The van der Waals surface area contributed by atoms with Gasteiger partial charge in [-0.1, -0.05) is 0 Å². The molecule has 0 amide bonds. The van der Waals surface area contributed by atoms with Crippen LogP contribution in [0.2, 0.25) is 0 Å². The van der Waals surface area contributed by atoms with Crippen LogP contribution in [0.5, 0.6) is 0 Å². The van der Waals surface area contributed by atoms with Gasteiger partial charge in [-0.05, 0) is 0 Å². The zero-order chi connectivity index (χ0) is 3.58. The molecule has 0 aliphatic rings. The van der Waals surface area contributed by atoms with Gasteiger partial charge in [0, 0.05) is 0 Å². The van der Waals surface area contributed by atoms with Crippen molar-refractivity contribution in [2.45, 2.75) is 0 Å². The van der Waals surface area contributed by atoms with Crippen LogP contribution in [0.1, 0.15) is 0 Å². The van der Waals surface area contributed by atoms with Gasteiger partial charge in [0.05, 0.1) is 0 Å². The summed E-state index contributed by atoms with van der Waals surface area (Å²) in [4.78, 5) is 0. The molecule has 0 N–H and O–H groups in total. The van der Waals surface area contributed by atoms with Crippen molar-refractivity contribution in [3.05, 3.63) is 0 Å². The van der Waals surface area contributed by atoms with Gasteiger partial charge >= 0.3 is 25.8 Å². The first-order valence-electron chi connectivity index (χ1n) is 0.707. The molecule has 0 spiro atoms. The maximum absolute atomic E-state index is 8.42. The van der Waals surface area contributed by atoms with E-state index in [1.165, 1.54) is 0 Å². The Kier molecular flexibility index (Phi) is 8.92. The van der Waals surface area contributed by atoms with Crippen molar-refractivity contribution in [3.8, 4) is 0 Å². The van der Waals surface area contributed by atoms with E-state index < -0.39 is 7.32 Å². The van der Waals surface area contributed by atoms with Crippen molar-refractivity contribution in [2.24, 2.45) is 0 Å². The van der Waals surface area contributed by atoms with Crippen LogP contribution in [-0.2, 0) is 25.8 Å². The van der Waals surface area contributed by atoms with E-state index in [4.69, 9.17) is 15.1 Å². The van der Waals surface area contributed by atoms with Crippen LogP contribution < -0.4 is 15.1 Å². The number of hydrogen-bond donors (Lipinski definition) is 0. The molecule has 0 aliphatic heterocycles. The minimum absolute atomic E-state index is 0. The summed E-state index contributed by atoms with van der Waals surface area (Å²) in [6, 6.07) is 0. The van der Waals surface area contributed by atoms with Gasteiger partial charge in [-0.2, -0.15) is 0 Å². The van der Waals surface area contributed by atoms with E-state index >= 15 is 0 Å². The zero-order valence-electron chi connectivity index (χ0n) is 2.38. The van der Waals surface area contributed by atoms with E-state index in [1.54, 1.807) is 0 Å². The molecule has 0 aliphatic carbocycles. The summed E-state index contributed by atoms with van der Waals surface area (Å²) in [5.74, 6) is 0. The standard InChI is InChI=1S/BO3.Sc/c2-1(3)4;/q-3;+3. The van der Waals surface area contributed by atoms with E-state index in [2.05, 4.69) is 0 Å². The molecular weight excluding hydrogens is 104 g/mol. The first-order valence-corrected chi connectivity index (χ1v) is 0.707. The van der Waals surface area contributed by atoms with Crippen LogP contribution >= 0.6 is 0 Å². The minimum atomic E-state index is -2.92. The molecule has 0 radical (unpaired) electrons. The third-order valence-corrected chi connectivity index (χ3v) is 0. The van der Waals surface area contributed by atoms with Gasteiger partial charge in [-0.25, -0.2) is 0 Å². The molecule has 0 bridgehead atoms. The van der Waals surface area contributed by atoms with Crippen LogP contribution in [0.3, 0.4) is 0 Å². The summed E-state index contributed by atoms with van der Waals surface area (Å²) < 4.78 is 0. The second-order valence-corrected chi connectivity index (χ2v) is 0.289. The topological polar surface area (TPSA) is 69.2 Å². The summed E-state index contributed by atoms with van der Waals surface area (Å²) in [5, 5.41) is 25.2. The van der Waals surface area contributed by atoms with Crippen molar-refractivity contribution in [3.63, 3.8) is 0 Å². The Morgan fingerprint density at radius 3 is 1.00 bits per heavy atom. The molecular formula is BO3Sc. The van der Waals surface area contributed by atoms with Crippen molar-refractivity contribution < 1.29 is 40.9 Å². The molecule has 5 heteroatoms. The fourth-order valence-corrected chi connectivity index (χ4v) is 0. The number of rotatable bonds is 0. The monoisotopic (exact) mass is 104 g/mol. The van der Waals surface area contributed by atoms with Crippen molar-refractivity contribution in [1.82, 2.24) is 0 Å². The first kappa shape index (κ1) is 9.26. The van der Waals surface area contributed by atoms with Gasteiger partial charge < -0.3 is 15.1 Å². The molecule has 0 aromatic heterocycles. The summed E-state index contributed by atoms with van der Waals surface area (Å²) >= 11 is 0. The van der Waals surface area contributed by atoms with Crippen LogP contribution in [-0.4, -0.2) is 7.32 Å². The van der Waals surface area contributed by atoms with Gasteiger partial charge in [0.2, 0.25) is 0 Å². The van der Waals surface area contributed by atoms with Crippen molar-refractivity contribution in [2.75, 3.05) is 0 Å². The molecule has 0 heterocycles. The van der Waals surface area contributed by atoms with Gasteiger partial charge in [-0.15, -0.1) is 0 Å². The van der Waals surface area contributed by atoms with Crippen LogP contribution in [0.15, 0.2) is 0 Å². The first-order chi connectivity index (χ1) is 1.73. The van der Waals surface area contributed by atoms with Gasteiger partial charge in [-0.3, -0.25) is 7.32 Å². The Morgan fingerprint density at radius 2 is 1.00 bits per heavy atom. The average Bonchev–Trinajstić information content (AvgIpc) is 0.811. The molecule has 0 saturated heterocycles. The Morgan fingerprint density at radius 1 is 1.00 bits per heavy atom. The third-order valence-electron chi connectivity index (χ3n) is 0. The smallest absolute Gasteiger partial charge is 0.907 e. The second-order valence-electron chi connectivity index (χ2n) is 0.289. The van der Waals surface area contributed by atoms with Crippen LogP contribution in [0.25, 0.3) is 0 Å². The fourth-order valence-electron chi connectivity index (χ4n) is 0. The number of hydrogen-bond acceptors (Lipinski definition) is 3. The van der Waals surface area contributed by atoms with Gasteiger partial charge in [0.1, 0.15) is 0 Å². The maximum atomic E-state index is 8.42. The van der Waals surface area contributed by atoms with E-state index in [9.17, 15) is 0 Å². The minimum Gasteiger partial charge on any atom is -0.907 e. The quantitative estimate of drug-likeness (QED) is 0.294. The molecule has 0 aromatic carbocycles. The zero-order valence-corrected chi connectivity index (χ0v) is 4.18. The molecule has 24 valence electrons. The molecule has 0 unspecified atom stereocenters. The summed E-state index contributed by atoms with van der Waals surface area (Å²) in [6.45, 7) is 0. The summed E-state index contributed by atoms with van der Waals surface area (Å²) in [6.07, 6.45) is 0. The third kappa shape index (κ3) is 57.4. The second kappa shape index (κ2) is 4.82. The van der Waals surface area contributed by atoms with E-state index in [0.29, 0.717) is 0 Å². The SMILES string of the molecule is [O-]B([O-])[O-].[Sc+3]. The Labute approximate surface area is 48.6 Å². The molecule has 5 heavy (non-hydrogen) atoms. The van der Waals surface area contributed by atoms with Crippen LogP contribution in [0.4, 0.5) is 0 Å². The molecule has 3 nitrogen and oxygen atoms in total. The Hall–Kier alpha value is 0.815. The fraction of sp³-hybridized carbons (Fsp3) is 0. The van der Waals surface area contributed by atoms with Crippen molar-refractivity contribution >= 4 is 7.32 Å². The summed E-state index contributed by atoms with van der Waals surface area (Å²) in [7, 11) is -2.92. The maximum Gasteiger partial charge on any atom is 3.00 e. The van der Waals surface area contributed by atoms with E-state index in [-0.39, 0.29) is 25.8 Å². The van der Waals surface area contributed by atoms with Crippen molar-refractivity contribution in [1.29, 1.82) is 0 Å². The predicted molar refractivity (Wildman–Crippen MR) is 5.75 cm³/mol. The largest absolute Gasteiger partial charge is 3.00 e. The van der Waals surface area contributed by atoms with E-state index in [0.717, 1.165) is 0 Å². The van der Waals surface area contributed by atoms with Crippen LogP contribution in [0, 0.1) is 0 Å². The molecule has 0 fully saturated rings. The molecule has 0 rings (SSSR count). The molecule has 0 aromatic rings. The average molecular weight is 104 g/mol.